The summed E-state index contributed by atoms with van der Waals surface area (Å²) in [6.07, 6.45) is -6.29. The Balaban J connectivity index is 2.26. The first-order chi connectivity index (χ1) is 32.6. The van der Waals surface area contributed by atoms with E-state index in [-0.39, 0.29) is 73.7 Å². The van der Waals surface area contributed by atoms with Crippen LogP contribution in [0.15, 0.2) is 48.5 Å². The number of rotatable bonds is 12. The standard InChI is InChI=1S/C52H76N4O14/c1-29(2)23-39-49(63)67-33(9)45(59)53(11)42(26-32(7)8)52(66)70-44(28-36-17-21-38(58)22-18-36)48(62)56(14)40(24-30(3)4)50(64)68-34(10)46(60)54(12)41(25-31(5)6)51(65)69-43(47(61)55(39)13)27-35-15-19-37(57)20-16-35/h15-22,29-34,39-44,57-58H,23-28H2,1-14H3. The van der Waals surface area contributed by atoms with E-state index in [1.54, 1.807) is 24.3 Å². The third-order valence-electron chi connectivity index (χ3n) is 12.2. The van der Waals surface area contributed by atoms with Crippen LogP contribution in [0, 0.1) is 23.7 Å². The van der Waals surface area contributed by atoms with E-state index in [1.807, 2.05) is 55.4 Å². The molecule has 18 heteroatoms. The number of cyclic esters (lactones) is 4. The second-order valence-electron chi connectivity index (χ2n) is 20.1. The molecule has 0 radical (unpaired) electrons. The summed E-state index contributed by atoms with van der Waals surface area (Å²) in [5, 5.41) is 20.0. The van der Waals surface area contributed by atoms with Gasteiger partial charge in [-0.2, -0.15) is 0 Å². The Bertz CT molecular complexity index is 1960. The zero-order chi connectivity index (χ0) is 52.9. The molecule has 1 saturated heterocycles. The Morgan fingerprint density at radius 2 is 0.629 bits per heavy atom. The summed E-state index contributed by atoms with van der Waals surface area (Å²) in [7, 11) is 5.39. The molecular formula is C52H76N4O14. The van der Waals surface area contributed by atoms with Crippen LogP contribution in [-0.2, 0) is 70.1 Å². The number of amides is 4. The fraction of sp³-hybridized carbons (Fsp3) is 0.615. The van der Waals surface area contributed by atoms with Crippen molar-refractivity contribution >= 4 is 47.5 Å². The van der Waals surface area contributed by atoms with E-state index in [0.717, 1.165) is 19.6 Å². The first kappa shape index (κ1) is 58.1. The highest BCUT2D eigenvalue weighted by atomic mass is 16.6. The monoisotopic (exact) mass is 981 g/mol. The first-order valence-electron chi connectivity index (χ1n) is 24.1. The van der Waals surface area contributed by atoms with Gasteiger partial charge < -0.3 is 48.8 Å². The SMILES string of the molecule is CC(C)CC1C(=O)OC(Cc2ccc(O)cc2)C(=O)N(C)C(CC(C)C)C(=O)OC(C)C(=O)N(C)C(CC(C)C)C(=O)OC(Cc2ccc(O)cc2)C(=O)N(C)C(CC(C)C)C(=O)OC(C)C(=O)N1C. The Hall–Kier alpha value is -6.20. The Morgan fingerprint density at radius 3 is 0.871 bits per heavy atom. The summed E-state index contributed by atoms with van der Waals surface area (Å²) in [6.45, 7) is 17.2. The average molecular weight is 981 g/mol. The maximum Gasteiger partial charge on any atom is 0.329 e. The molecule has 18 nitrogen and oxygen atoms in total. The first-order valence-corrected chi connectivity index (χ1v) is 24.1. The van der Waals surface area contributed by atoms with Crippen molar-refractivity contribution in [1.82, 2.24) is 19.6 Å². The predicted molar refractivity (Wildman–Crippen MR) is 259 cm³/mol. The lowest BCUT2D eigenvalue weighted by Crippen LogP contribution is -2.55. The predicted octanol–water partition coefficient (Wildman–Crippen LogP) is 5.08. The van der Waals surface area contributed by atoms with Crippen molar-refractivity contribution in [1.29, 1.82) is 0 Å². The molecule has 2 aromatic carbocycles. The number of phenols is 2. The molecular weight excluding hydrogens is 905 g/mol. The number of hydrogen-bond acceptors (Lipinski definition) is 14. The largest absolute Gasteiger partial charge is 0.508 e. The number of hydrogen-bond donors (Lipinski definition) is 2. The molecule has 1 fully saturated rings. The van der Waals surface area contributed by atoms with Crippen LogP contribution in [-0.4, -0.2) is 154 Å². The van der Waals surface area contributed by atoms with Crippen LogP contribution in [0.25, 0.3) is 0 Å². The molecule has 0 bridgehead atoms. The van der Waals surface area contributed by atoms with Gasteiger partial charge >= 0.3 is 23.9 Å². The van der Waals surface area contributed by atoms with Gasteiger partial charge in [-0.1, -0.05) is 79.7 Å². The minimum Gasteiger partial charge on any atom is -0.508 e. The lowest BCUT2D eigenvalue weighted by Gasteiger charge is -2.35. The maximum absolute atomic E-state index is 14.7. The highest BCUT2D eigenvalue weighted by Gasteiger charge is 2.43. The molecule has 3 rings (SSSR count). The molecule has 70 heavy (non-hydrogen) atoms. The molecule has 8 unspecified atom stereocenters. The minimum atomic E-state index is -1.57. The Labute approximate surface area is 412 Å². The minimum absolute atomic E-state index is 0.0464. The molecule has 2 N–H and O–H groups in total. The van der Waals surface area contributed by atoms with Gasteiger partial charge in [0.25, 0.3) is 23.6 Å². The summed E-state index contributed by atoms with van der Waals surface area (Å²) in [5.74, 6) is -7.86. The highest BCUT2D eigenvalue weighted by Crippen LogP contribution is 2.25. The number of esters is 4. The number of aromatic hydroxyl groups is 2. The molecule has 388 valence electrons. The van der Waals surface area contributed by atoms with Crippen LogP contribution in [0.5, 0.6) is 11.5 Å². The van der Waals surface area contributed by atoms with Crippen LogP contribution in [0.4, 0.5) is 0 Å². The van der Waals surface area contributed by atoms with Crippen molar-refractivity contribution in [3.63, 3.8) is 0 Å². The molecule has 0 saturated carbocycles. The maximum atomic E-state index is 14.7. The van der Waals surface area contributed by atoms with Gasteiger partial charge in [0.2, 0.25) is 0 Å². The fourth-order valence-electron chi connectivity index (χ4n) is 8.17. The van der Waals surface area contributed by atoms with Crippen LogP contribution < -0.4 is 0 Å². The van der Waals surface area contributed by atoms with Gasteiger partial charge in [-0.15, -0.1) is 0 Å². The van der Waals surface area contributed by atoms with Gasteiger partial charge in [0.05, 0.1) is 0 Å². The van der Waals surface area contributed by atoms with E-state index in [9.17, 15) is 48.6 Å². The molecule has 1 aliphatic rings. The van der Waals surface area contributed by atoms with E-state index in [0.29, 0.717) is 11.1 Å². The molecule has 4 amide bonds. The van der Waals surface area contributed by atoms with Crippen molar-refractivity contribution in [3.8, 4) is 11.5 Å². The molecule has 2 aromatic rings. The lowest BCUT2D eigenvalue weighted by atomic mass is 10.00. The summed E-state index contributed by atoms with van der Waals surface area (Å²) >= 11 is 0. The third-order valence-corrected chi connectivity index (χ3v) is 12.2. The number of carbonyl (C=O) groups excluding carboxylic acids is 8. The summed E-state index contributed by atoms with van der Waals surface area (Å²) in [4.78, 5) is 119. The Kier molecular flexibility index (Phi) is 21.7. The number of ether oxygens (including phenoxy) is 4. The number of phenolic OH excluding ortho intramolecular Hbond substituents is 2. The second kappa shape index (κ2) is 26.1. The summed E-state index contributed by atoms with van der Waals surface area (Å²) in [5.41, 5.74) is 0.975. The topological polar surface area (TPSA) is 227 Å². The second-order valence-corrected chi connectivity index (χ2v) is 20.1. The smallest absolute Gasteiger partial charge is 0.329 e. The fourth-order valence-corrected chi connectivity index (χ4v) is 8.17. The number of nitrogens with zero attached hydrogens (tertiary/aromatic N) is 4. The van der Waals surface area contributed by atoms with Crippen molar-refractivity contribution < 1.29 is 67.5 Å². The zero-order valence-corrected chi connectivity index (χ0v) is 43.4. The van der Waals surface area contributed by atoms with Crippen molar-refractivity contribution in [3.05, 3.63) is 59.7 Å². The van der Waals surface area contributed by atoms with Gasteiger partial charge in [0.15, 0.2) is 24.4 Å². The van der Waals surface area contributed by atoms with Crippen LogP contribution in [0.2, 0.25) is 0 Å². The average Bonchev–Trinajstić information content (AvgIpc) is 3.29. The van der Waals surface area contributed by atoms with Crippen LogP contribution in [0.1, 0.15) is 106 Å². The van der Waals surface area contributed by atoms with Crippen LogP contribution >= 0.6 is 0 Å². The molecule has 1 heterocycles. The summed E-state index contributed by atoms with van der Waals surface area (Å²) < 4.78 is 23.6. The normalized spacial score (nSPS) is 24.8. The van der Waals surface area contributed by atoms with Crippen molar-refractivity contribution in [2.24, 2.45) is 23.7 Å². The van der Waals surface area contributed by atoms with Gasteiger partial charge in [-0.3, -0.25) is 19.2 Å². The van der Waals surface area contributed by atoms with E-state index in [4.69, 9.17) is 18.9 Å². The third kappa shape index (κ3) is 16.5. The van der Waals surface area contributed by atoms with Gasteiger partial charge in [0, 0.05) is 41.0 Å². The molecule has 0 aromatic heterocycles. The lowest BCUT2D eigenvalue weighted by molar-refractivity contribution is -0.176. The van der Waals surface area contributed by atoms with E-state index in [2.05, 4.69) is 0 Å². The molecule has 0 aliphatic carbocycles. The van der Waals surface area contributed by atoms with E-state index < -0.39 is 96.1 Å². The summed E-state index contributed by atoms with van der Waals surface area (Å²) in [6, 6.07) is 6.56. The van der Waals surface area contributed by atoms with Crippen molar-refractivity contribution in [2.45, 2.75) is 156 Å². The highest BCUT2D eigenvalue weighted by molar-refractivity contribution is 5.94. The number of benzene rings is 2. The van der Waals surface area contributed by atoms with Gasteiger partial charge in [0.1, 0.15) is 35.7 Å². The molecule has 0 spiro atoms. The molecule has 1 aliphatic heterocycles. The van der Waals surface area contributed by atoms with E-state index in [1.165, 1.54) is 66.3 Å². The molecule has 8 atom stereocenters. The number of carbonyl (C=O) groups is 8. The zero-order valence-electron chi connectivity index (χ0n) is 43.4. The van der Waals surface area contributed by atoms with Gasteiger partial charge in [-0.05, 0) is 98.6 Å². The van der Waals surface area contributed by atoms with Crippen molar-refractivity contribution in [2.75, 3.05) is 28.2 Å². The Morgan fingerprint density at radius 1 is 0.400 bits per heavy atom. The number of likely N-dealkylation sites (N-methyl/N-ethyl adjacent to an activating group) is 4. The van der Waals surface area contributed by atoms with Gasteiger partial charge in [-0.25, -0.2) is 19.2 Å². The van der Waals surface area contributed by atoms with E-state index >= 15 is 0 Å². The quantitative estimate of drug-likeness (QED) is 0.209. The van der Waals surface area contributed by atoms with Crippen LogP contribution in [0.3, 0.4) is 0 Å².